The summed E-state index contributed by atoms with van der Waals surface area (Å²) in [6, 6.07) is 0. The van der Waals surface area contributed by atoms with Crippen LogP contribution in [-0.2, 0) is 0 Å². The van der Waals surface area contributed by atoms with Gasteiger partial charge in [0.05, 0.1) is 0 Å². The highest BCUT2D eigenvalue weighted by molar-refractivity contribution is 4.55. The van der Waals surface area contributed by atoms with Gasteiger partial charge in [-0.25, -0.2) is 0 Å². The van der Waals surface area contributed by atoms with E-state index in [-0.39, 0.29) is 0 Å². The molecule has 0 fully saturated rings. The number of hydrogen-bond donors (Lipinski definition) is 3. The first-order valence-electron chi connectivity index (χ1n) is 10.0. The topological polar surface area (TPSA) is 36.1 Å². The largest absolute Gasteiger partial charge is 0.317 e. The monoisotopic (exact) mass is 313 g/mol. The molecule has 3 heteroatoms. The third kappa shape index (κ3) is 19.9. The van der Waals surface area contributed by atoms with Crippen molar-refractivity contribution in [3.05, 3.63) is 0 Å². The van der Waals surface area contributed by atoms with Gasteiger partial charge in [-0.2, -0.15) is 0 Å². The maximum atomic E-state index is 3.54. The third-order valence-corrected chi connectivity index (χ3v) is 4.10. The Hall–Kier alpha value is -0.120. The minimum Gasteiger partial charge on any atom is -0.317 e. The van der Waals surface area contributed by atoms with Crippen LogP contribution in [-0.4, -0.2) is 39.3 Å². The van der Waals surface area contributed by atoms with E-state index in [4.69, 9.17) is 0 Å². The van der Waals surface area contributed by atoms with Crippen molar-refractivity contribution >= 4 is 0 Å². The van der Waals surface area contributed by atoms with E-state index < -0.39 is 0 Å². The van der Waals surface area contributed by atoms with Gasteiger partial charge in [-0.1, -0.05) is 65.2 Å². The molecule has 0 rings (SSSR count). The molecule has 3 nitrogen and oxygen atoms in total. The van der Waals surface area contributed by atoms with Crippen LogP contribution in [0.4, 0.5) is 0 Å². The highest BCUT2D eigenvalue weighted by Gasteiger charge is 1.92. The summed E-state index contributed by atoms with van der Waals surface area (Å²) in [5.74, 6) is 0. The Kier molecular flexibility index (Phi) is 20.8. The Balaban J connectivity index is 2.91. The van der Waals surface area contributed by atoms with E-state index in [0.717, 1.165) is 26.2 Å². The zero-order chi connectivity index (χ0) is 16.1. The zero-order valence-corrected chi connectivity index (χ0v) is 15.5. The third-order valence-electron chi connectivity index (χ3n) is 4.10. The SMILES string of the molecule is CCCCCCCNCCCNCCNCCCCCCC. The molecule has 134 valence electrons. The Morgan fingerprint density at radius 2 is 0.727 bits per heavy atom. The Labute approximate surface area is 140 Å². The van der Waals surface area contributed by atoms with E-state index in [1.807, 2.05) is 0 Å². The van der Waals surface area contributed by atoms with E-state index in [9.17, 15) is 0 Å². The van der Waals surface area contributed by atoms with Crippen LogP contribution in [0.5, 0.6) is 0 Å². The summed E-state index contributed by atoms with van der Waals surface area (Å²) in [7, 11) is 0. The average Bonchev–Trinajstić information content (AvgIpc) is 2.54. The molecule has 0 saturated heterocycles. The van der Waals surface area contributed by atoms with Crippen molar-refractivity contribution in [1.82, 2.24) is 16.0 Å². The predicted molar refractivity (Wildman–Crippen MR) is 101 cm³/mol. The van der Waals surface area contributed by atoms with Crippen LogP contribution in [0.1, 0.15) is 84.5 Å². The Morgan fingerprint density at radius 1 is 0.364 bits per heavy atom. The summed E-state index contributed by atoms with van der Waals surface area (Å²) in [4.78, 5) is 0. The van der Waals surface area contributed by atoms with Crippen molar-refractivity contribution in [3.63, 3.8) is 0 Å². The molecule has 0 atom stereocenters. The molecule has 0 aromatic rings. The van der Waals surface area contributed by atoms with Crippen LogP contribution >= 0.6 is 0 Å². The Bertz CT molecular complexity index is 166. The summed E-state index contributed by atoms with van der Waals surface area (Å²) >= 11 is 0. The number of rotatable bonds is 19. The molecule has 0 amide bonds. The Morgan fingerprint density at radius 3 is 1.18 bits per heavy atom. The van der Waals surface area contributed by atoms with E-state index in [1.165, 1.54) is 83.7 Å². The van der Waals surface area contributed by atoms with Crippen molar-refractivity contribution in [2.75, 3.05) is 39.3 Å². The van der Waals surface area contributed by atoms with Crippen LogP contribution in [0.25, 0.3) is 0 Å². The molecular formula is C19H43N3. The fraction of sp³-hybridized carbons (Fsp3) is 1.00. The number of unbranched alkanes of at least 4 members (excludes halogenated alkanes) is 8. The molecule has 0 radical (unpaired) electrons. The van der Waals surface area contributed by atoms with Gasteiger partial charge in [0, 0.05) is 13.1 Å². The lowest BCUT2D eigenvalue weighted by atomic mass is 10.1. The molecule has 0 aromatic heterocycles. The van der Waals surface area contributed by atoms with Gasteiger partial charge >= 0.3 is 0 Å². The molecule has 0 bridgehead atoms. The molecular weight excluding hydrogens is 270 g/mol. The van der Waals surface area contributed by atoms with Gasteiger partial charge in [0.1, 0.15) is 0 Å². The van der Waals surface area contributed by atoms with Crippen LogP contribution in [0.15, 0.2) is 0 Å². The summed E-state index contributed by atoms with van der Waals surface area (Å²) in [6.07, 6.45) is 15.0. The smallest absolute Gasteiger partial charge is 0.00767 e. The molecule has 0 aliphatic carbocycles. The lowest BCUT2D eigenvalue weighted by Crippen LogP contribution is -2.30. The standard InChI is InChI=1S/C19H43N3/c1-3-5-7-9-11-14-20-16-13-17-22-19-18-21-15-12-10-8-6-4-2/h20-22H,3-19H2,1-2H3. The molecule has 0 spiro atoms. The number of nitrogens with one attached hydrogen (secondary N) is 3. The van der Waals surface area contributed by atoms with Gasteiger partial charge in [-0.15, -0.1) is 0 Å². The first-order valence-corrected chi connectivity index (χ1v) is 10.0. The van der Waals surface area contributed by atoms with Crippen molar-refractivity contribution < 1.29 is 0 Å². The summed E-state index contributed by atoms with van der Waals surface area (Å²) in [5.41, 5.74) is 0. The maximum absolute atomic E-state index is 3.54. The minimum atomic E-state index is 1.10. The first-order chi connectivity index (χ1) is 10.9. The highest BCUT2D eigenvalue weighted by Crippen LogP contribution is 2.01. The van der Waals surface area contributed by atoms with Crippen LogP contribution < -0.4 is 16.0 Å². The molecule has 0 unspecified atom stereocenters. The molecule has 3 N–H and O–H groups in total. The average molecular weight is 314 g/mol. The highest BCUT2D eigenvalue weighted by atomic mass is 14.9. The second kappa shape index (κ2) is 20.9. The van der Waals surface area contributed by atoms with Crippen LogP contribution in [0, 0.1) is 0 Å². The summed E-state index contributed by atoms with van der Waals surface area (Å²) in [6.45, 7) is 11.4. The fourth-order valence-corrected chi connectivity index (χ4v) is 2.60. The van der Waals surface area contributed by atoms with Gasteiger partial charge in [-0.05, 0) is 45.4 Å². The molecule has 0 heterocycles. The second-order valence-electron chi connectivity index (χ2n) is 6.43. The summed E-state index contributed by atoms with van der Waals surface area (Å²) in [5, 5.41) is 10.6. The van der Waals surface area contributed by atoms with E-state index in [2.05, 4.69) is 29.8 Å². The van der Waals surface area contributed by atoms with Crippen LogP contribution in [0.3, 0.4) is 0 Å². The van der Waals surface area contributed by atoms with E-state index in [0.29, 0.717) is 0 Å². The lowest BCUT2D eigenvalue weighted by Gasteiger charge is -2.07. The predicted octanol–water partition coefficient (Wildman–Crippen LogP) is 4.09. The van der Waals surface area contributed by atoms with Gasteiger partial charge < -0.3 is 16.0 Å². The molecule has 0 aliphatic heterocycles. The molecule has 0 saturated carbocycles. The van der Waals surface area contributed by atoms with Gasteiger partial charge in [-0.3, -0.25) is 0 Å². The lowest BCUT2D eigenvalue weighted by molar-refractivity contribution is 0.541. The van der Waals surface area contributed by atoms with Crippen molar-refractivity contribution in [1.29, 1.82) is 0 Å². The minimum absolute atomic E-state index is 1.10. The van der Waals surface area contributed by atoms with Crippen LogP contribution in [0.2, 0.25) is 0 Å². The quantitative estimate of drug-likeness (QED) is 0.314. The number of hydrogen-bond acceptors (Lipinski definition) is 3. The van der Waals surface area contributed by atoms with Crippen molar-refractivity contribution in [2.24, 2.45) is 0 Å². The fourth-order valence-electron chi connectivity index (χ4n) is 2.60. The first kappa shape index (κ1) is 21.9. The van der Waals surface area contributed by atoms with Crippen molar-refractivity contribution in [2.45, 2.75) is 84.5 Å². The second-order valence-corrected chi connectivity index (χ2v) is 6.43. The van der Waals surface area contributed by atoms with Gasteiger partial charge in [0.25, 0.3) is 0 Å². The zero-order valence-electron chi connectivity index (χ0n) is 15.5. The molecule has 0 aromatic carbocycles. The van der Waals surface area contributed by atoms with E-state index >= 15 is 0 Å². The van der Waals surface area contributed by atoms with E-state index in [1.54, 1.807) is 0 Å². The van der Waals surface area contributed by atoms with Gasteiger partial charge in [0.2, 0.25) is 0 Å². The molecule has 0 aliphatic rings. The summed E-state index contributed by atoms with van der Waals surface area (Å²) < 4.78 is 0. The molecule has 22 heavy (non-hydrogen) atoms. The normalized spacial score (nSPS) is 11.2. The maximum Gasteiger partial charge on any atom is 0.00767 e. The van der Waals surface area contributed by atoms with Gasteiger partial charge in [0.15, 0.2) is 0 Å². The van der Waals surface area contributed by atoms with Crippen molar-refractivity contribution in [3.8, 4) is 0 Å².